The van der Waals surface area contributed by atoms with Crippen LogP contribution in [0.25, 0.3) is 0 Å². The van der Waals surface area contributed by atoms with Crippen molar-refractivity contribution >= 4 is 15.9 Å². The minimum Gasteiger partial charge on any atom is -0.353 e. The molecule has 5 nitrogen and oxygen atoms in total. The molecule has 1 aliphatic carbocycles. The van der Waals surface area contributed by atoms with Crippen LogP contribution < -0.4 is 5.32 Å². The van der Waals surface area contributed by atoms with Gasteiger partial charge in [-0.1, -0.05) is 0 Å². The van der Waals surface area contributed by atoms with Crippen molar-refractivity contribution in [1.29, 1.82) is 0 Å². The second-order valence-electron chi connectivity index (χ2n) is 5.92. The topological polar surface area (TPSA) is 66.5 Å². The molecule has 1 aliphatic heterocycles. The maximum absolute atomic E-state index is 12.9. The van der Waals surface area contributed by atoms with E-state index in [1.54, 1.807) is 0 Å². The third-order valence-corrected chi connectivity index (χ3v) is 6.11. The number of nitrogens with zero attached hydrogens (tertiary/aromatic N) is 1. The molecule has 0 unspecified atom stereocenters. The summed E-state index contributed by atoms with van der Waals surface area (Å²) in [6.07, 6.45) is 3.14. The first-order chi connectivity index (χ1) is 10.5. The standard InChI is InChI=1S/C15H19FN2O3S/c16-12-1-5-14(6-2-12)22(20,21)18-9-7-11(8-10-18)15(19)17-13-3-4-13/h1-2,5-6,11,13H,3-4,7-10H2,(H,17,19). The van der Waals surface area contributed by atoms with Gasteiger partial charge in [-0.05, 0) is 49.9 Å². The van der Waals surface area contributed by atoms with Gasteiger partial charge in [-0.2, -0.15) is 4.31 Å². The first kappa shape index (κ1) is 15.4. The number of carbonyl (C=O) groups is 1. The molecule has 3 rings (SSSR count). The summed E-state index contributed by atoms with van der Waals surface area (Å²) >= 11 is 0. The van der Waals surface area contributed by atoms with E-state index < -0.39 is 15.8 Å². The molecule has 1 saturated carbocycles. The minimum atomic E-state index is -3.60. The number of piperidine rings is 1. The molecule has 120 valence electrons. The molecule has 1 amide bonds. The average Bonchev–Trinajstić information content (AvgIpc) is 3.32. The van der Waals surface area contributed by atoms with Crippen molar-refractivity contribution < 1.29 is 17.6 Å². The van der Waals surface area contributed by atoms with Gasteiger partial charge in [0.05, 0.1) is 4.90 Å². The van der Waals surface area contributed by atoms with Crippen LogP contribution in [0.15, 0.2) is 29.2 Å². The maximum Gasteiger partial charge on any atom is 0.243 e. The van der Waals surface area contributed by atoms with Gasteiger partial charge < -0.3 is 5.32 Å². The molecular formula is C15H19FN2O3S. The number of carbonyl (C=O) groups excluding carboxylic acids is 1. The highest BCUT2D eigenvalue weighted by Gasteiger charge is 2.33. The zero-order valence-corrected chi connectivity index (χ0v) is 13.0. The summed E-state index contributed by atoms with van der Waals surface area (Å²) in [4.78, 5) is 12.1. The maximum atomic E-state index is 12.9. The van der Waals surface area contributed by atoms with Crippen LogP contribution in [0.5, 0.6) is 0 Å². The van der Waals surface area contributed by atoms with Gasteiger partial charge in [-0.15, -0.1) is 0 Å². The number of hydrogen-bond donors (Lipinski definition) is 1. The first-order valence-electron chi connectivity index (χ1n) is 7.53. The summed E-state index contributed by atoms with van der Waals surface area (Å²) in [5.41, 5.74) is 0. The Bertz CT molecular complexity index is 648. The molecule has 22 heavy (non-hydrogen) atoms. The molecule has 1 aromatic carbocycles. The summed E-state index contributed by atoms with van der Waals surface area (Å²) in [7, 11) is -3.60. The van der Waals surface area contributed by atoms with Gasteiger partial charge in [0.25, 0.3) is 0 Å². The molecular weight excluding hydrogens is 307 g/mol. The van der Waals surface area contributed by atoms with E-state index in [0.29, 0.717) is 32.0 Å². The lowest BCUT2D eigenvalue weighted by molar-refractivity contribution is -0.126. The molecule has 1 aromatic rings. The van der Waals surface area contributed by atoms with E-state index in [9.17, 15) is 17.6 Å². The number of amides is 1. The van der Waals surface area contributed by atoms with Crippen LogP contribution in [0, 0.1) is 11.7 Å². The van der Waals surface area contributed by atoms with E-state index in [1.165, 1.54) is 16.4 Å². The SMILES string of the molecule is O=C(NC1CC1)C1CCN(S(=O)(=O)c2ccc(F)cc2)CC1. The summed E-state index contributed by atoms with van der Waals surface area (Å²) < 4.78 is 39.2. The Morgan fingerprint density at radius 3 is 2.23 bits per heavy atom. The van der Waals surface area contributed by atoms with E-state index in [-0.39, 0.29) is 16.7 Å². The third-order valence-electron chi connectivity index (χ3n) is 4.20. The molecule has 0 radical (unpaired) electrons. The van der Waals surface area contributed by atoms with Crippen LogP contribution in [0.4, 0.5) is 4.39 Å². The van der Waals surface area contributed by atoms with Crippen molar-refractivity contribution in [3.05, 3.63) is 30.1 Å². The molecule has 0 bridgehead atoms. The Morgan fingerprint density at radius 2 is 1.68 bits per heavy atom. The van der Waals surface area contributed by atoms with Crippen LogP contribution in [-0.4, -0.2) is 37.8 Å². The molecule has 1 N–H and O–H groups in total. The molecule has 2 fully saturated rings. The molecule has 2 aliphatic rings. The van der Waals surface area contributed by atoms with Crippen molar-refractivity contribution in [2.24, 2.45) is 5.92 Å². The Hall–Kier alpha value is -1.47. The quantitative estimate of drug-likeness (QED) is 0.912. The van der Waals surface area contributed by atoms with Gasteiger partial charge in [0.1, 0.15) is 5.82 Å². The second kappa shape index (κ2) is 5.96. The van der Waals surface area contributed by atoms with Crippen molar-refractivity contribution in [2.75, 3.05) is 13.1 Å². The Kier molecular flexibility index (Phi) is 4.18. The lowest BCUT2D eigenvalue weighted by Gasteiger charge is -2.30. The number of hydrogen-bond acceptors (Lipinski definition) is 3. The fourth-order valence-corrected chi connectivity index (χ4v) is 4.13. The molecule has 0 aromatic heterocycles. The molecule has 0 atom stereocenters. The van der Waals surface area contributed by atoms with Crippen molar-refractivity contribution in [2.45, 2.75) is 36.6 Å². The minimum absolute atomic E-state index is 0.0429. The molecule has 1 saturated heterocycles. The Labute approximate surface area is 129 Å². The van der Waals surface area contributed by atoms with Gasteiger partial charge in [-0.3, -0.25) is 4.79 Å². The third kappa shape index (κ3) is 3.30. The number of sulfonamides is 1. The highest BCUT2D eigenvalue weighted by Crippen LogP contribution is 2.26. The highest BCUT2D eigenvalue weighted by molar-refractivity contribution is 7.89. The van der Waals surface area contributed by atoms with Crippen LogP contribution in [0.2, 0.25) is 0 Å². The molecule has 1 heterocycles. The van der Waals surface area contributed by atoms with E-state index in [4.69, 9.17) is 0 Å². The van der Waals surface area contributed by atoms with Crippen molar-refractivity contribution in [3.8, 4) is 0 Å². The van der Waals surface area contributed by atoms with Gasteiger partial charge in [0, 0.05) is 25.0 Å². The lowest BCUT2D eigenvalue weighted by atomic mass is 9.97. The average molecular weight is 326 g/mol. The first-order valence-corrected chi connectivity index (χ1v) is 8.97. The Balaban J connectivity index is 1.62. The zero-order chi connectivity index (χ0) is 15.7. The zero-order valence-electron chi connectivity index (χ0n) is 12.2. The summed E-state index contributed by atoms with van der Waals surface area (Å²) in [5.74, 6) is -0.531. The van der Waals surface area contributed by atoms with E-state index in [0.717, 1.165) is 25.0 Å². The second-order valence-corrected chi connectivity index (χ2v) is 7.85. The highest BCUT2D eigenvalue weighted by atomic mass is 32.2. The predicted octanol–water partition coefficient (Wildman–Crippen LogP) is 1.50. The van der Waals surface area contributed by atoms with Gasteiger partial charge >= 0.3 is 0 Å². The van der Waals surface area contributed by atoms with Crippen LogP contribution in [0.3, 0.4) is 0 Å². The number of nitrogens with one attached hydrogen (secondary N) is 1. The van der Waals surface area contributed by atoms with Crippen LogP contribution >= 0.6 is 0 Å². The van der Waals surface area contributed by atoms with Crippen molar-refractivity contribution in [1.82, 2.24) is 9.62 Å². The van der Waals surface area contributed by atoms with Crippen LogP contribution in [0.1, 0.15) is 25.7 Å². The molecule has 7 heteroatoms. The predicted molar refractivity (Wildman–Crippen MR) is 79.0 cm³/mol. The Morgan fingerprint density at radius 1 is 1.09 bits per heavy atom. The van der Waals surface area contributed by atoms with Gasteiger partial charge in [0.2, 0.25) is 15.9 Å². The van der Waals surface area contributed by atoms with E-state index >= 15 is 0 Å². The smallest absolute Gasteiger partial charge is 0.243 e. The molecule has 0 spiro atoms. The van der Waals surface area contributed by atoms with Crippen LogP contribution in [-0.2, 0) is 14.8 Å². The fourth-order valence-electron chi connectivity index (χ4n) is 2.66. The summed E-state index contributed by atoms with van der Waals surface area (Å²) in [5, 5.41) is 2.97. The fraction of sp³-hybridized carbons (Fsp3) is 0.533. The largest absolute Gasteiger partial charge is 0.353 e. The summed E-state index contributed by atoms with van der Waals surface area (Å²) in [6.45, 7) is 0.644. The lowest BCUT2D eigenvalue weighted by Crippen LogP contribution is -2.43. The van der Waals surface area contributed by atoms with Gasteiger partial charge in [-0.25, -0.2) is 12.8 Å². The van der Waals surface area contributed by atoms with E-state index in [1.807, 2.05) is 0 Å². The number of rotatable bonds is 4. The normalized spacial score (nSPS) is 20.8. The van der Waals surface area contributed by atoms with Gasteiger partial charge in [0.15, 0.2) is 0 Å². The summed E-state index contributed by atoms with van der Waals surface area (Å²) in [6, 6.07) is 5.16. The number of halogens is 1. The number of benzene rings is 1. The monoisotopic (exact) mass is 326 g/mol. The van der Waals surface area contributed by atoms with Crippen molar-refractivity contribution in [3.63, 3.8) is 0 Å². The van der Waals surface area contributed by atoms with E-state index in [2.05, 4.69) is 5.32 Å².